The van der Waals surface area contributed by atoms with Gasteiger partial charge in [-0.1, -0.05) is 0 Å². The second-order valence-corrected chi connectivity index (χ2v) is 6.40. The molecule has 2 atom stereocenters. The topological polar surface area (TPSA) is 50.4 Å². The second-order valence-electron chi connectivity index (χ2n) is 6.40. The van der Waals surface area contributed by atoms with Crippen molar-refractivity contribution in [2.24, 2.45) is 0 Å². The maximum Gasteiger partial charge on any atom is 0.220 e. The molecule has 1 aromatic rings. The molecule has 24 heavy (non-hydrogen) atoms. The summed E-state index contributed by atoms with van der Waals surface area (Å²) in [4.78, 5) is 12.0. The highest BCUT2D eigenvalue weighted by Crippen LogP contribution is 2.26. The van der Waals surface area contributed by atoms with E-state index in [0.717, 1.165) is 25.0 Å². The Morgan fingerprint density at radius 3 is 2.62 bits per heavy atom. The highest BCUT2D eigenvalue weighted by atomic mass is 35.5. The number of nitrogens with one attached hydrogen (secondary N) is 2. The summed E-state index contributed by atoms with van der Waals surface area (Å²) in [6.45, 7) is 0.230. The lowest BCUT2D eigenvalue weighted by Crippen LogP contribution is -2.48. The molecule has 0 spiro atoms. The summed E-state index contributed by atoms with van der Waals surface area (Å²) < 4.78 is 31.4. The molecule has 2 aliphatic rings. The van der Waals surface area contributed by atoms with Crippen LogP contribution in [0, 0.1) is 11.6 Å². The quantitative estimate of drug-likeness (QED) is 0.767. The number of ether oxygens (including phenoxy) is 1. The van der Waals surface area contributed by atoms with Crippen molar-refractivity contribution in [2.45, 2.75) is 56.7 Å². The van der Waals surface area contributed by atoms with Crippen molar-refractivity contribution < 1.29 is 18.3 Å². The van der Waals surface area contributed by atoms with Crippen molar-refractivity contribution >= 4 is 18.3 Å². The summed E-state index contributed by atoms with van der Waals surface area (Å²) in [6, 6.07) is 4.55. The highest BCUT2D eigenvalue weighted by Gasteiger charge is 2.33. The Kier molecular flexibility index (Phi) is 6.80. The fourth-order valence-electron chi connectivity index (χ4n) is 3.48. The van der Waals surface area contributed by atoms with Crippen LogP contribution in [-0.4, -0.2) is 30.6 Å². The standard InChI is InChI=1S/C17H22F2N2O2.ClH/c18-11-3-6-16(15(19)8-11)23-7-1-2-17(22)21-14-9-12-4-5-13(10-14)20-12;/h3,6,8,12-14,20H,1-2,4-5,7,9-10H2,(H,21,22);1H. The zero-order valence-corrected chi connectivity index (χ0v) is 14.2. The highest BCUT2D eigenvalue weighted by molar-refractivity contribution is 5.85. The Bertz CT molecular complexity index is 562. The summed E-state index contributed by atoms with van der Waals surface area (Å²) in [5.74, 6) is -1.33. The maximum atomic E-state index is 13.4. The maximum absolute atomic E-state index is 13.4. The summed E-state index contributed by atoms with van der Waals surface area (Å²) in [5.41, 5.74) is 0. The van der Waals surface area contributed by atoms with Crippen LogP contribution in [0.15, 0.2) is 18.2 Å². The Labute approximate surface area is 146 Å². The van der Waals surface area contributed by atoms with Gasteiger partial charge in [-0.15, -0.1) is 12.4 Å². The number of hydrogen-bond acceptors (Lipinski definition) is 3. The van der Waals surface area contributed by atoms with Crippen LogP contribution < -0.4 is 15.4 Å². The van der Waals surface area contributed by atoms with Gasteiger partial charge in [-0.05, 0) is 44.2 Å². The van der Waals surface area contributed by atoms with E-state index >= 15 is 0 Å². The molecule has 0 aromatic heterocycles. The minimum atomic E-state index is -0.723. The molecule has 2 N–H and O–H groups in total. The third-order valence-corrected chi connectivity index (χ3v) is 4.54. The van der Waals surface area contributed by atoms with Gasteiger partial charge in [-0.2, -0.15) is 0 Å². The molecular weight excluding hydrogens is 338 g/mol. The van der Waals surface area contributed by atoms with Gasteiger partial charge in [-0.25, -0.2) is 8.78 Å². The van der Waals surface area contributed by atoms with Gasteiger partial charge in [0, 0.05) is 30.6 Å². The first-order valence-electron chi connectivity index (χ1n) is 8.23. The SMILES string of the molecule is Cl.O=C(CCCOc1ccc(F)cc1F)NC1CC2CCC(C1)N2. The molecule has 0 aliphatic carbocycles. The molecule has 134 valence electrons. The monoisotopic (exact) mass is 360 g/mol. The average Bonchev–Trinajstić information content (AvgIpc) is 2.84. The normalized spacial score (nSPS) is 25.0. The van der Waals surface area contributed by atoms with E-state index in [2.05, 4.69) is 10.6 Å². The molecule has 1 amide bonds. The van der Waals surface area contributed by atoms with E-state index in [-0.39, 0.29) is 36.7 Å². The number of piperidine rings is 1. The predicted octanol–water partition coefficient (Wildman–Crippen LogP) is 2.94. The van der Waals surface area contributed by atoms with E-state index in [1.807, 2.05) is 0 Å². The van der Waals surface area contributed by atoms with Crippen LogP contribution in [0.25, 0.3) is 0 Å². The number of fused-ring (bicyclic) bond motifs is 2. The number of carbonyl (C=O) groups is 1. The molecule has 2 unspecified atom stereocenters. The minimum Gasteiger partial charge on any atom is -0.491 e. The van der Waals surface area contributed by atoms with Gasteiger partial charge in [0.05, 0.1) is 6.61 Å². The third-order valence-electron chi connectivity index (χ3n) is 4.54. The average molecular weight is 361 g/mol. The van der Waals surface area contributed by atoms with Gasteiger partial charge in [0.2, 0.25) is 5.91 Å². The van der Waals surface area contributed by atoms with Crippen LogP contribution in [0.5, 0.6) is 5.75 Å². The Hall–Kier alpha value is -1.40. The summed E-state index contributed by atoms with van der Waals surface area (Å²) in [7, 11) is 0. The summed E-state index contributed by atoms with van der Waals surface area (Å²) >= 11 is 0. The van der Waals surface area contributed by atoms with Crippen LogP contribution in [0.4, 0.5) is 8.78 Å². The van der Waals surface area contributed by atoms with Gasteiger partial charge in [0.25, 0.3) is 0 Å². The van der Waals surface area contributed by atoms with Crippen molar-refractivity contribution in [1.82, 2.24) is 10.6 Å². The molecule has 0 saturated carbocycles. The second kappa shape index (κ2) is 8.62. The number of halogens is 3. The van der Waals surface area contributed by atoms with Gasteiger partial charge in [0.15, 0.2) is 11.6 Å². The fourth-order valence-corrected chi connectivity index (χ4v) is 3.48. The van der Waals surface area contributed by atoms with E-state index in [1.165, 1.54) is 18.9 Å². The molecule has 2 bridgehead atoms. The zero-order chi connectivity index (χ0) is 16.2. The molecule has 2 fully saturated rings. The molecule has 2 saturated heterocycles. The predicted molar refractivity (Wildman–Crippen MR) is 89.4 cm³/mol. The van der Waals surface area contributed by atoms with Gasteiger partial charge in [0.1, 0.15) is 5.82 Å². The molecule has 3 rings (SSSR count). The first-order valence-corrected chi connectivity index (χ1v) is 8.23. The van der Waals surface area contributed by atoms with Crippen molar-refractivity contribution in [3.05, 3.63) is 29.8 Å². The van der Waals surface area contributed by atoms with Gasteiger partial charge < -0.3 is 15.4 Å². The van der Waals surface area contributed by atoms with E-state index < -0.39 is 11.6 Å². The molecule has 0 radical (unpaired) electrons. The number of amides is 1. The van der Waals surface area contributed by atoms with Crippen molar-refractivity contribution in [3.63, 3.8) is 0 Å². The van der Waals surface area contributed by atoms with E-state index in [9.17, 15) is 13.6 Å². The molecule has 4 nitrogen and oxygen atoms in total. The van der Waals surface area contributed by atoms with E-state index in [4.69, 9.17) is 4.74 Å². The van der Waals surface area contributed by atoms with Crippen LogP contribution >= 0.6 is 12.4 Å². The molecular formula is C17H23ClF2N2O2. The first-order chi connectivity index (χ1) is 11.1. The number of benzene rings is 1. The van der Waals surface area contributed by atoms with Gasteiger partial charge >= 0.3 is 0 Å². The lowest BCUT2D eigenvalue weighted by Gasteiger charge is -2.29. The Morgan fingerprint density at radius 1 is 1.25 bits per heavy atom. The lowest BCUT2D eigenvalue weighted by molar-refractivity contribution is -0.122. The summed E-state index contributed by atoms with van der Waals surface area (Å²) in [5, 5.41) is 6.62. The third kappa shape index (κ3) is 5.05. The number of hydrogen-bond donors (Lipinski definition) is 2. The largest absolute Gasteiger partial charge is 0.491 e. The van der Waals surface area contributed by atoms with Gasteiger partial charge in [-0.3, -0.25) is 4.79 Å². The Morgan fingerprint density at radius 2 is 1.96 bits per heavy atom. The fraction of sp³-hybridized carbons (Fsp3) is 0.588. The molecule has 2 aliphatic heterocycles. The minimum absolute atomic E-state index is 0. The van der Waals surface area contributed by atoms with Crippen LogP contribution in [0.2, 0.25) is 0 Å². The van der Waals surface area contributed by atoms with Crippen LogP contribution in [0.1, 0.15) is 38.5 Å². The van der Waals surface area contributed by atoms with Crippen molar-refractivity contribution in [3.8, 4) is 5.75 Å². The van der Waals surface area contributed by atoms with Crippen LogP contribution in [-0.2, 0) is 4.79 Å². The molecule has 7 heteroatoms. The molecule has 2 heterocycles. The lowest BCUT2D eigenvalue weighted by atomic mass is 9.99. The van der Waals surface area contributed by atoms with Crippen molar-refractivity contribution in [2.75, 3.05) is 6.61 Å². The molecule has 1 aromatic carbocycles. The van der Waals surface area contributed by atoms with Crippen molar-refractivity contribution in [1.29, 1.82) is 0 Å². The Balaban J connectivity index is 0.00000208. The van der Waals surface area contributed by atoms with E-state index in [0.29, 0.717) is 24.9 Å². The smallest absolute Gasteiger partial charge is 0.220 e. The first kappa shape index (κ1) is 18.9. The number of rotatable bonds is 6. The van der Waals surface area contributed by atoms with Crippen LogP contribution in [0.3, 0.4) is 0 Å². The zero-order valence-electron chi connectivity index (χ0n) is 13.4. The van der Waals surface area contributed by atoms with E-state index in [1.54, 1.807) is 0 Å². The summed E-state index contributed by atoms with van der Waals surface area (Å²) in [6.07, 6.45) is 5.25. The number of carbonyl (C=O) groups excluding carboxylic acids is 1.